The molecule has 4 rings (SSSR count). The predicted molar refractivity (Wildman–Crippen MR) is 110 cm³/mol. The molecule has 0 bridgehead atoms. The summed E-state index contributed by atoms with van der Waals surface area (Å²) in [5.74, 6) is -0.0140. The Hall–Kier alpha value is -1.57. The van der Waals surface area contributed by atoms with E-state index in [0.29, 0.717) is 6.54 Å². The van der Waals surface area contributed by atoms with Crippen molar-refractivity contribution in [1.82, 2.24) is 15.3 Å². The minimum absolute atomic E-state index is 0.0140. The molecule has 3 heterocycles. The number of nitrogens with one attached hydrogen (secondary N) is 1. The average Bonchev–Trinajstić information content (AvgIpc) is 3.36. The minimum atomic E-state index is -0.0140. The summed E-state index contributed by atoms with van der Waals surface area (Å²) in [6.45, 7) is 2.58. The van der Waals surface area contributed by atoms with Crippen LogP contribution in [0, 0.1) is 6.92 Å². The van der Waals surface area contributed by atoms with E-state index in [1.54, 1.807) is 11.3 Å². The van der Waals surface area contributed by atoms with Gasteiger partial charge in [0, 0.05) is 28.8 Å². The number of aromatic nitrogens is 2. The highest BCUT2D eigenvalue weighted by Crippen LogP contribution is 2.29. The van der Waals surface area contributed by atoms with E-state index in [-0.39, 0.29) is 5.91 Å². The van der Waals surface area contributed by atoms with Gasteiger partial charge in [0.15, 0.2) is 0 Å². The van der Waals surface area contributed by atoms with E-state index >= 15 is 0 Å². The Bertz CT molecular complexity index is 872. The first-order valence-corrected chi connectivity index (χ1v) is 11.5. The molecule has 7 heteroatoms. The first kappa shape index (κ1) is 17.8. The summed E-state index contributed by atoms with van der Waals surface area (Å²) >= 11 is 4.98. The van der Waals surface area contributed by atoms with Gasteiger partial charge in [-0.2, -0.15) is 11.3 Å². The third-order valence-electron chi connectivity index (χ3n) is 4.51. The number of nitrogens with zero attached hydrogens (tertiary/aromatic N) is 2. The van der Waals surface area contributed by atoms with Gasteiger partial charge in [-0.1, -0.05) is 0 Å². The number of fused-ring (bicyclic) bond motifs is 1. The molecule has 0 radical (unpaired) electrons. The number of hydrogen-bond donors (Lipinski definition) is 1. The molecule has 1 N–H and O–H groups in total. The van der Waals surface area contributed by atoms with Crippen LogP contribution >= 0.6 is 34.0 Å². The topological polar surface area (TPSA) is 54.9 Å². The van der Waals surface area contributed by atoms with Crippen molar-refractivity contribution in [3.63, 3.8) is 0 Å². The van der Waals surface area contributed by atoms with Gasteiger partial charge < -0.3 is 5.32 Å². The number of amides is 1. The highest BCUT2D eigenvalue weighted by molar-refractivity contribution is 7.17. The quantitative estimate of drug-likeness (QED) is 0.597. The van der Waals surface area contributed by atoms with Crippen molar-refractivity contribution in [2.24, 2.45) is 0 Å². The Kier molecular flexibility index (Phi) is 5.47. The molecule has 1 aliphatic rings. The van der Waals surface area contributed by atoms with Gasteiger partial charge >= 0.3 is 0 Å². The lowest BCUT2D eigenvalue weighted by molar-refractivity contribution is 0.0956. The summed E-state index contributed by atoms with van der Waals surface area (Å²) in [5.41, 5.74) is 3.22. The maximum atomic E-state index is 12.5. The molecule has 0 atom stereocenters. The fraction of sp³-hybridized carbons (Fsp3) is 0.421. The molecule has 0 aliphatic heterocycles. The summed E-state index contributed by atoms with van der Waals surface area (Å²) in [5, 5.41) is 9.28. The highest BCUT2D eigenvalue weighted by Gasteiger charge is 2.17. The molecule has 0 saturated carbocycles. The maximum absolute atomic E-state index is 12.5. The zero-order valence-electron chi connectivity index (χ0n) is 14.7. The van der Waals surface area contributed by atoms with E-state index in [4.69, 9.17) is 4.98 Å². The fourth-order valence-corrected chi connectivity index (χ4v) is 6.04. The highest BCUT2D eigenvalue weighted by atomic mass is 32.1. The molecule has 4 nitrogen and oxygen atoms in total. The number of rotatable bonds is 6. The van der Waals surface area contributed by atoms with Crippen LogP contribution in [-0.2, 0) is 19.3 Å². The number of thiophene rings is 1. The van der Waals surface area contributed by atoms with Crippen molar-refractivity contribution < 1.29 is 4.79 Å². The third kappa shape index (κ3) is 3.89. The van der Waals surface area contributed by atoms with E-state index in [9.17, 15) is 4.79 Å². The normalized spacial score (nSPS) is 13.6. The Morgan fingerprint density at radius 1 is 1.23 bits per heavy atom. The second-order valence-corrected chi connectivity index (χ2v) is 9.44. The summed E-state index contributed by atoms with van der Waals surface area (Å²) < 4.78 is 0. The molecule has 0 saturated heterocycles. The minimum Gasteiger partial charge on any atom is -0.351 e. The molecule has 3 aromatic rings. The van der Waals surface area contributed by atoms with Crippen molar-refractivity contribution in [2.45, 2.75) is 45.4 Å². The SMILES string of the molecule is Cc1nc(-c2ccsc2)sc1C(=O)NCCCc1nc2c(s1)CCCC2. The van der Waals surface area contributed by atoms with Gasteiger partial charge in [-0.05, 0) is 50.5 Å². The lowest BCUT2D eigenvalue weighted by Crippen LogP contribution is -2.24. The second-order valence-electron chi connectivity index (χ2n) is 6.49. The first-order valence-electron chi connectivity index (χ1n) is 8.96. The summed E-state index contributed by atoms with van der Waals surface area (Å²) in [6, 6.07) is 2.04. The fourth-order valence-electron chi connectivity index (χ4n) is 3.15. The van der Waals surface area contributed by atoms with Crippen LogP contribution in [-0.4, -0.2) is 22.4 Å². The van der Waals surface area contributed by atoms with Gasteiger partial charge in [0.2, 0.25) is 0 Å². The van der Waals surface area contributed by atoms with Gasteiger partial charge in [-0.15, -0.1) is 22.7 Å². The smallest absolute Gasteiger partial charge is 0.263 e. The Morgan fingerprint density at radius 3 is 2.92 bits per heavy atom. The van der Waals surface area contributed by atoms with Gasteiger partial charge in [0.25, 0.3) is 5.91 Å². The lowest BCUT2D eigenvalue weighted by Gasteiger charge is -2.06. The molecule has 0 aromatic carbocycles. The number of thiazole rings is 2. The van der Waals surface area contributed by atoms with Gasteiger partial charge in [0.1, 0.15) is 9.88 Å². The standard InChI is InChI=1S/C19H21N3OS3/c1-12-17(26-19(21-12)13-8-10-24-11-13)18(23)20-9-4-7-16-22-14-5-2-3-6-15(14)25-16/h8,10-11H,2-7,9H2,1H3,(H,20,23). The monoisotopic (exact) mass is 403 g/mol. The molecule has 1 amide bonds. The maximum Gasteiger partial charge on any atom is 0.263 e. The van der Waals surface area contributed by atoms with Crippen LogP contribution < -0.4 is 5.32 Å². The number of carbonyl (C=O) groups excluding carboxylic acids is 1. The summed E-state index contributed by atoms with van der Waals surface area (Å²) in [7, 11) is 0. The second kappa shape index (κ2) is 7.98. The van der Waals surface area contributed by atoms with E-state index in [1.807, 2.05) is 29.7 Å². The van der Waals surface area contributed by atoms with Crippen LogP contribution in [0.5, 0.6) is 0 Å². The molecular formula is C19H21N3OS3. The summed E-state index contributed by atoms with van der Waals surface area (Å²) in [6.07, 6.45) is 6.77. The van der Waals surface area contributed by atoms with Gasteiger partial charge in [0.05, 0.1) is 16.4 Å². The Balaban J connectivity index is 1.29. The van der Waals surface area contributed by atoms with Crippen LogP contribution in [0.3, 0.4) is 0 Å². The number of carbonyl (C=O) groups is 1. The zero-order valence-corrected chi connectivity index (χ0v) is 17.2. The van der Waals surface area contributed by atoms with E-state index in [2.05, 4.69) is 15.7 Å². The molecule has 0 fully saturated rings. The summed E-state index contributed by atoms with van der Waals surface area (Å²) in [4.78, 5) is 24.0. The third-order valence-corrected chi connectivity index (χ3v) is 7.62. The largest absolute Gasteiger partial charge is 0.351 e. The first-order chi connectivity index (χ1) is 12.7. The number of aryl methyl sites for hydroxylation is 4. The molecule has 0 spiro atoms. The van der Waals surface area contributed by atoms with E-state index < -0.39 is 0 Å². The van der Waals surface area contributed by atoms with Gasteiger partial charge in [-0.25, -0.2) is 9.97 Å². The Morgan fingerprint density at radius 2 is 2.12 bits per heavy atom. The predicted octanol–water partition coefficient (Wildman–Crippen LogP) is 4.88. The van der Waals surface area contributed by atoms with Crippen LogP contribution in [0.4, 0.5) is 0 Å². The Labute approximate surface area is 165 Å². The van der Waals surface area contributed by atoms with Crippen molar-refractivity contribution in [2.75, 3.05) is 6.54 Å². The van der Waals surface area contributed by atoms with E-state index in [1.165, 1.54) is 46.2 Å². The lowest BCUT2D eigenvalue weighted by atomic mass is 10.0. The molecule has 1 aliphatic carbocycles. The van der Waals surface area contributed by atoms with Crippen LogP contribution in [0.15, 0.2) is 16.8 Å². The van der Waals surface area contributed by atoms with E-state index in [0.717, 1.165) is 40.4 Å². The van der Waals surface area contributed by atoms with Crippen molar-refractivity contribution in [3.8, 4) is 10.6 Å². The molecule has 0 unspecified atom stereocenters. The zero-order chi connectivity index (χ0) is 17.9. The molecular weight excluding hydrogens is 382 g/mol. The van der Waals surface area contributed by atoms with Crippen LogP contribution in [0.1, 0.15) is 50.2 Å². The number of hydrogen-bond acceptors (Lipinski definition) is 6. The van der Waals surface area contributed by atoms with Crippen molar-refractivity contribution in [1.29, 1.82) is 0 Å². The molecule has 136 valence electrons. The van der Waals surface area contributed by atoms with Crippen molar-refractivity contribution in [3.05, 3.63) is 43.0 Å². The van der Waals surface area contributed by atoms with Crippen molar-refractivity contribution >= 4 is 39.9 Å². The molecule has 3 aromatic heterocycles. The van der Waals surface area contributed by atoms with Crippen LogP contribution in [0.25, 0.3) is 10.6 Å². The van der Waals surface area contributed by atoms with Crippen LogP contribution in [0.2, 0.25) is 0 Å². The average molecular weight is 404 g/mol. The van der Waals surface area contributed by atoms with Gasteiger partial charge in [-0.3, -0.25) is 4.79 Å². The molecule has 26 heavy (non-hydrogen) atoms.